The van der Waals surface area contributed by atoms with Gasteiger partial charge < -0.3 is 10.2 Å². The second kappa shape index (κ2) is 9.28. The van der Waals surface area contributed by atoms with Crippen molar-refractivity contribution in [2.24, 2.45) is 0 Å². The summed E-state index contributed by atoms with van der Waals surface area (Å²) in [6.07, 6.45) is 0. The molecule has 0 aliphatic carbocycles. The number of nitrogens with one attached hydrogen (secondary N) is 1. The Balaban J connectivity index is 1.47. The molecule has 0 bridgehead atoms. The van der Waals surface area contributed by atoms with Gasteiger partial charge in [0.2, 0.25) is 0 Å². The van der Waals surface area contributed by atoms with E-state index in [1.54, 1.807) is 24.3 Å². The zero-order valence-corrected chi connectivity index (χ0v) is 18.0. The van der Waals surface area contributed by atoms with Gasteiger partial charge in [-0.3, -0.25) is 4.79 Å². The van der Waals surface area contributed by atoms with E-state index < -0.39 is 11.6 Å². The second-order valence-corrected chi connectivity index (χ2v) is 8.13. The lowest BCUT2D eigenvalue weighted by molar-refractivity contribution is 0.0951. The maximum atomic E-state index is 13.5. The van der Waals surface area contributed by atoms with Gasteiger partial charge in [-0.2, -0.15) is 0 Å². The third-order valence-electron chi connectivity index (χ3n) is 5.32. The van der Waals surface area contributed by atoms with Gasteiger partial charge >= 0.3 is 0 Å². The Morgan fingerprint density at radius 1 is 0.844 bits per heavy atom. The van der Waals surface area contributed by atoms with E-state index in [1.165, 1.54) is 17.7 Å². The van der Waals surface area contributed by atoms with Crippen molar-refractivity contribution in [3.8, 4) is 11.1 Å². The monoisotopic (exact) mass is 430 g/mol. The van der Waals surface area contributed by atoms with Crippen molar-refractivity contribution in [2.45, 2.75) is 13.1 Å². The van der Waals surface area contributed by atoms with Crippen molar-refractivity contribution in [2.75, 3.05) is 14.1 Å². The van der Waals surface area contributed by atoms with Crippen molar-refractivity contribution in [1.82, 2.24) is 10.2 Å². The average molecular weight is 430 g/mol. The topological polar surface area (TPSA) is 32.3 Å². The second-order valence-electron chi connectivity index (χ2n) is 8.13. The zero-order valence-electron chi connectivity index (χ0n) is 18.0. The van der Waals surface area contributed by atoms with Gasteiger partial charge in [0.1, 0.15) is 11.6 Å². The van der Waals surface area contributed by atoms with Crippen molar-refractivity contribution in [3.05, 3.63) is 107 Å². The molecule has 162 valence electrons. The Morgan fingerprint density at radius 2 is 1.56 bits per heavy atom. The van der Waals surface area contributed by atoms with Crippen LogP contribution >= 0.6 is 0 Å². The number of carbonyl (C=O) groups excluding carboxylic acids is 1. The van der Waals surface area contributed by atoms with E-state index in [2.05, 4.69) is 34.5 Å². The number of amides is 1. The summed E-state index contributed by atoms with van der Waals surface area (Å²) in [5.74, 6) is -1.47. The van der Waals surface area contributed by atoms with Gasteiger partial charge in [-0.25, -0.2) is 8.78 Å². The molecule has 0 unspecified atom stereocenters. The van der Waals surface area contributed by atoms with Gasteiger partial charge in [0.05, 0.1) is 0 Å². The maximum Gasteiger partial charge on any atom is 0.251 e. The Morgan fingerprint density at radius 3 is 2.25 bits per heavy atom. The standard InChI is InChI=1S/C27H24F2N2O/c1-31(2)17-18-6-11-26-21(12-18)4-3-5-22(26)16-30-27(32)20-9-7-19(8-10-20)23-13-24(28)15-25(29)14-23/h3-15H,16-17H2,1-2H3,(H,30,32). The molecule has 5 heteroatoms. The number of halogens is 2. The van der Waals surface area contributed by atoms with E-state index in [1.807, 2.05) is 26.2 Å². The third kappa shape index (κ3) is 5.01. The molecule has 0 aliphatic rings. The fourth-order valence-electron chi connectivity index (χ4n) is 3.83. The van der Waals surface area contributed by atoms with Crippen LogP contribution in [0.2, 0.25) is 0 Å². The molecule has 3 nitrogen and oxygen atoms in total. The first-order valence-electron chi connectivity index (χ1n) is 10.4. The summed E-state index contributed by atoms with van der Waals surface area (Å²) in [5.41, 5.74) is 3.83. The molecule has 0 fully saturated rings. The lowest BCUT2D eigenvalue weighted by atomic mass is 10.0. The van der Waals surface area contributed by atoms with Crippen LogP contribution in [0.15, 0.2) is 78.9 Å². The van der Waals surface area contributed by atoms with Gasteiger partial charge in [0.25, 0.3) is 5.91 Å². The molecule has 0 radical (unpaired) electrons. The molecule has 4 aromatic carbocycles. The molecule has 0 saturated heterocycles. The van der Waals surface area contributed by atoms with Crippen LogP contribution in [-0.4, -0.2) is 24.9 Å². The number of hydrogen-bond acceptors (Lipinski definition) is 2. The van der Waals surface area contributed by atoms with Gasteiger partial charge in [0.15, 0.2) is 0 Å². The lowest BCUT2D eigenvalue weighted by Crippen LogP contribution is -2.22. The summed E-state index contributed by atoms with van der Waals surface area (Å²) < 4.78 is 26.9. The molecule has 32 heavy (non-hydrogen) atoms. The molecule has 0 saturated carbocycles. The zero-order chi connectivity index (χ0) is 22.7. The van der Waals surface area contributed by atoms with Crippen LogP contribution < -0.4 is 5.32 Å². The number of nitrogens with zero attached hydrogens (tertiary/aromatic N) is 1. The highest BCUT2D eigenvalue weighted by Gasteiger charge is 2.09. The van der Waals surface area contributed by atoms with Gasteiger partial charge in [-0.1, -0.05) is 42.5 Å². The van der Waals surface area contributed by atoms with Crippen molar-refractivity contribution in [1.29, 1.82) is 0 Å². The summed E-state index contributed by atoms with van der Waals surface area (Å²) in [7, 11) is 4.08. The molecule has 0 atom stereocenters. The summed E-state index contributed by atoms with van der Waals surface area (Å²) in [6, 6.07) is 22.5. The predicted octanol–water partition coefficient (Wildman–Crippen LogP) is 5.78. The summed E-state index contributed by atoms with van der Waals surface area (Å²) in [6.45, 7) is 1.27. The van der Waals surface area contributed by atoms with Crippen LogP contribution in [-0.2, 0) is 13.1 Å². The fraction of sp³-hybridized carbons (Fsp3) is 0.148. The largest absolute Gasteiger partial charge is 0.348 e. The Hall–Kier alpha value is -3.57. The first kappa shape index (κ1) is 21.7. The number of hydrogen-bond donors (Lipinski definition) is 1. The Bertz CT molecular complexity index is 1250. The van der Waals surface area contributed by atoms with E-state index in [-0.39, 0.29) is 5.91 Å². The number of carbonyl (C=O) groups is 1. The highest BCUT2D eigenvalue weighted by molar-refractivity contribution is 5.95. The first-order valence-corrected chi connectivity index (χ1v) is 10.4. The molecular formula is C27H24F2N2O. The van der Waals surface area contributed by atoms with Crippen LogP contribution in [0.4, 0.5) is 8.78 Å². The van der Waals surface area contributed by atoms with Crippen molar-refractivity contribution < 1.29 is 13.6 Å². The quantitative estimate of drug-likeness (QED) is 0.421. The van der Waals surface area contributed by atoms with Crippen LogP contribution in [0.3, 0.4) is 0 Å². The third-order valence-corrected chi connectivity index (χ3v) is 5.32. The number of fused-ring (bicyclic) bond motifs is 1. The minimum absolute atomic E-state index is 0.205. The molecule has 0 spiro atoms. The van der Waals surface area contributed by atoms with Crippen LogP contribution in [0.25, 0.3) is 21.9 Å². The Kier molecular flexibility index (Phi) is 6.28. The minimum Gasteiger partial charge on any atom is -0.348 e. The SMILES string of the molecule is CN(C)Cc1ccc2c(CNC(=O)c3ccc(-c4cc(F)cc(F)c4)cc3)cccc2c1. The van der Waals surface area contributed by atoms with Crippen molar-refractivity contribution >= 4 is 16.7 Å². The fourth-order valence-corrected chi connectivity index (χ4v) is 3.83. The number of benzene rings is 4. The van der Waals surface area contributed by atoms with E-state index in [9.17, 15) is 13.6 Å². The van der Waals surface area contributed by atoms with E-state index in [4.69, 9.17) is 0 Å². The van der Waals surface area contributed by atoms with Gasteiger partial charge in [0, 0.05) is 24.7 Å². The molecular weight excluding hydrogens is 406 g/mol. The smallest absolute Gasteiger partial charge is 0.251 e. The molecule has 0 heterocycles. The maximum absolute atomic E-state index is 13.5. The summed E-state index contributed by atoms with van der Waals surface area (Å²) in [5, 5.41) is 5.22. The highest BCUT2D eigenvalue weighted by atomic mass is 19.1. The molecule has 4 aromatic rings. The van der Waals surface area contributed by atoms with Crippen LogP contribution in [0.1, 0.15) is 21.5 Å². The minimum atomic E-state index is -0.634. The van der Waals surface area contributed by atoms with E-state index >= 15 is 0 Å². The Labute approximate surface area is 186 Å². The van der Waals surface area contributed by atoms with Crippen LogP contribution in [0.5, 0.6) is 0 Å². The molecule has 0 aliphatic heterocycles. The predicted molar refractivity (Wildman–Crippen MR) is 124 cm³/mol. The summed E-state index contributed by atoms with van der Waals surface area (Å²) in [4.78, 5) is 14.8. The molecule has 1 amide bonds. The first-order chi connectivity index (χ1) is 15.4. The van der Waals surface area contributed by atoms with Crippen LogP contribution in [0, 0.1) is 11.6 Å². The lowest BCUT2D eigenvalue weighted by Gasteiger charge is -2.12. The normalized spacial score (nSPS) is 11.2. The van der Waals surface area contributed by atoms with Crippen molar-refractivity contribution in [3.63, 3.8) is 0 Å². The highest BCUT2D eigenvalue weighted by Crippen LogP contribution is 2.23. The van der Waals surface area contributed by atoms with Gasteiger partial charge in [-0.05, 0) is 77.5 Å². The van der Waals surface area contributed by atoms with E-state index in [0.29, 0.717) is 23.2 Å². The molecule has 4 rings (SSSR count). The average Bonchev–Trinajstić information content (AvgIpc) is 2.76. The number of rotatable bonds is 6. The van der Waals surface area contributed by atoms with E-state index in [0.717, 1.165) is 28.9 Å². The van der Waals surface area contributed by atoms with Gasteiger partial charge in [-0.15, -0.1) is 0 Å². The summed E-state index contributed by atoms with van der Waals surface area (Å²) >= 11 is 0. The molecule has 1 N–H and O–H groups in total. The molecule has 0 aromatic heterocycles.